The first kappa shape index (κ1) is 21.6. The van der Waals surface area contributed by atoms with E-state index >= 15 is 0 Å². The van der Waals surface area contributed by atoms with Crippen LogP contribution in [0, 0.1) is 13.8 Å². The Labute approximate surface area is 180 Å². The zero-order valence-corrected chi connectivity index (χ0v) is 17.6. The average Bonchev–Trinajstić information content (AvgIpc) is 2.96. The zero-order chi connectivity index (χ0) is 21.7. The number of aliphatic carboxylic acids is 1. The first-order valence-electron chi connectivity index (χ1n) is 9.55. The lowest BCUT2D eigenvalue weighted by atomic mass is 10.1. The highest BCUT2D eigenvalue weighted by atomic mass is 35.5. The number of carboxylic acid groups (broad SMARTS) is 1. The predicted molar refractivity (Wildman–Crippen MR) is 114 cm³/mol. The maximum absolute atomic E-state index is 12.1. The molecule has 0 saturated carbocycles. The Morgan fingerprint density at radius 2 is 1.70 bits per heavy atom. The number of carbonyl (C=O) groups excluding carboxylic acids is 1. The van der Waals surface area contributed by atoms with Crippen molar-refractivity contribution in [2.45, 2.75) is 39.8 Å². The molecule has 0 bridgehead atoms. The van der Waals surface area contributed by atoms with Crippen LogP contribution in [-0.2, 0) is 40.3 Å². The number of esters is 1. The molecule has 1 heterocycles. The van der Waals surface area contributed by atoms with Gasteiger partial charge in [0.1, 0.15) is 6.61 Å². The number of nitrogens with zero attached hydrogens (tertiary/aromatic N) is 2. The highest BCUT2D eigenvalue weighted by molar-refractivity contribution is 6.31. The number of carboxylic acids is 1. The van der Waals surface area contributed by atoms with Crippen LogP contribution in [0.15, 0.2) is 48.5 Å². The van der Waals surface area contributed by atoms with Gasteiger partial charge in [0.15, 0.2) is 0 Å². The first-order valence-corrected chi connectivity index (χ1v) is 9.93. The third-order valence-electron chi connectivity index (χ3n) is 4.91. The van der Waals surface area contributed by atoms with Crippen molar-refractivity contribution < 1.29 is 19.4 Å². The fourth-order valence-corrected chi connectivity index (χ4v) is 3.41. The summed E-state index contributed by atoms with van der Waals surface area (Å²) in [7, 11) is 0. The number of halogens is 1. The topological polar surface area (TPSA) is 81.4 Å². The molecule has 3 aromatic rings. The number of hydrogen-bond acceptors (Lipinski definition) is 4. The summed E-state index contributed by atoms with van der Waals surface area (Å²) in [6.45, 7) is 4.37. The van der Waals surface area contributed by atoms with Crippen LogP contribution < -0.4 is 0 Å². The minimum Gasteiger partial charge on any atom is -0.481 e. The molecule has 30 heavy (non-hydrogen) atoms. The third-order valence-corrected chi connectivity index (χ3v) is 5.28. The molecule has 0 spiro atoms. The second kappa shape index (κ2) is 9.59. The third kappa shape index (κ3) is 5.48. The van der Waals surface area contributed by atoms with Gasteiger partial charge in [0.25, 0.3) is 0 Å². The summed E-state index contributed by atoms with van der Waals surface area (Å²) in [4.78, 5) is 23.1. The van der Waals surface area contributed by atoms with Crippen molar-refractivity contribution in [2.75, 3.05) is 0 Å². The fourth-order valence-electron chi connectivity index (χ4n) is 3.22. The SMILES string of the molecule is Cc1nn(Cc2ccc(CC(=O)OCc3ccccc3Cl)cc2)c(C)c1CC(=O)O. The second-order valence-electron chi connectivity index (χ2n) is 7.12. The van der Waals surface area contributed by atoms with Crippen molar-refractivity contribution in [1.29, 1.82) is 0 Å². The van der Waals surface area contributed by atoms with Crippen LogP contribution in [0.4, 0.5) is 0 Å². The van der Waals surface area contributed by atoms with E-state index < -0.39 is 5.97 Å². The van der Waals surface area contributed by atoms with E-state index in [1.165, 1.54) is 0 Å². The Bertz CT molecular complexity index is 1060. The Morgan fingerprint density at radius 3 is 2.37 bits per heavy atom. The average molecular weight is 427 g/mol. The fraction of sp³-hybridized carbons (Fsp3) is 0.261. The van der Waals surface area contributed by atoms with E-state index in [1.807, 2.05) is 56.3 Å². The van der Waals surface area contributed by atoms with Gasteiger partial charge in [-0.05, 0) is 31.0 Å². The van der Waals surface area contributed by atoms with Gasteiger partial charge in [-0.1, -0.05) is 54.1 Å². The lowest BCUT2D eigenvalue weighted by Gasteiger charge is -2.08. The van der Waals surface area contributed by atoms with E-state index in [-0.39, 0.29) is 25.4 Å². The molecule has 0 unspecified atom stereocenters. The predicted octanol–water partition coefficient (Wildman–Crippen LogP) is 4.11. The summed E-state index contributed by atoms with van der Waals surface area (Å²) >= 11 is 6.07. The smallest absolute Gasteiger partial charge is 0.310 e. The van der Waals surface area contributed by atoms with E-state index in [9.17, 15) is 9.59 Å². The molecule has 6 nitrogen and oxygen atoms in total. The summed E-state index contributed by atoms with van der Waals surface area (Å²) in [6.07, 6.45) is 0.139. The van der Waals surface area contributed by atoms with E-state index in [0.29, 0.717) is 11.6 Å². The molecule has 0 aliphatic heterocycles. The summed E-state index contributed by atoms with van der Waals surface area (Å²) in [5.74, 6) is -1.19. The number of carbonyl (C=O) groups is 2. The van der Waals surface area contributed by atoms with Crippen LogP contribution in [0.5, 0.6) is 0 Å². The van der Waals surface area contributed by atoms with Crippen molar-refractivity contribution in [3.63, 3.8) is 0 Å². The van der Waals surface area contributed by atoms with Gasteiger partial charge in [0, 0.05) is 21.8 Å². The van der Waals surface area contributed by atoms with E-state index in [1.54, 1.807) is 10.7 Å². The Balaban J connectivity index is 1.58. The molecule has 3 rings (SSSR count). The molecular formula is C23H23ClN2O4. The largest absolute Gasteiger partial charge is 0.481 e. The van der Waals surface area contributed by atoms with Crippen molar-refractivity contribution in [3.05, 3.63) is 87.2 Å². The minimum atomic E-state index is -0.869. The monoisotopic (exact) mass is 426 g/mol. The van der Waals surface area contributed by atoms with Gasteiger partial charge in [0.2, 0.25) is 0 Å². The summed E-state index contributed by atoms with van der Waals surface area (Å²) in [5.41, 5.74) is 4.96. The van der Waals surface area contributed by atoms with Gasteiger partial charge in [-0.25, -0.2) is 0 Å². The van der Waals surface area contributed by atoms with Crippen LogP contribution >= 0.6 is 11.6 Å². The lowest BCUT2D eigenvalue weighted by molar-refractivity contribution is -0.144. The van der Waals surface area contributed by atoms with Gasteiger partial charge >= 0.3 is 11.9 Å². The molecule has 1 N–H and O–H groups in total. The highest BCUT2D eigenvalue weighted by Gasteiger charge is 2.14. The number of benzene rings is 2. The molecule has 0 atom stereocenters. The summed E-state index contributed by atoms with van der Waals surface area (Å²) in [6, 6.07) is 14.9. The van der Waals surface area contributed by atoms with Crippen LogP contribution in [-0.4, -0.2) is 26.8 Å². The van der Waals surface area contributed by atoms with Gasteiger partial charge in [0.05, 0.1) is 25.1 Å². The Morgan fingerprint density at radius 1 is 1.03 bits per heavy atom. The standard InChI is InChI=1S/C23H23ClN2O4/c1-15-20(12-22(27)28)16(2)26(25-15)13-18-9-7-17(8-10-18)11-23(29)30-14-19-5-3-4-6-21(19)24/h3-10H,11-14H2,1-2H3,(H,27,28). The Kier molecular flexibility index (Phi) is 6.90. The molecule has 0 aliphatic carbocycles. The normalized spacial score (nSPS) is 10.8. The molecule has 0 fully saturated rings. The molecule has 0 aliphatic rings. The van der Waals surface area contributed by atoms with Crippen LogP contribution in [0.25, 0.3) is 0 Å². The molecule has 7 heteroatoms. The van der Waals surface area contributed by atoms with Gasteiger partial charge < -0.3 is 9.84 Å². The van der Waals surface area contributed by atoms with E-state index in [4.69, 9.17) is 21.4 Å². The van der Waals surface area contributed by atoms with E-state index in [0.717, 1.165) is 33.6 Å². The highest BCUT2D eigenvalue weighted by Crippen LogP contribution is 2.17. The number of ether oxygens (including phenoxy) is 1. The second-order valence-corrected chi connectivity index (χ2v) is 7.53. The molecule has 2 aromatic carbocycles. The van der Waals surface area contributed by atoms with Gasteiger partial charge in [-0.15, -0.1) is 0 Å². The first-order chi connectivity index (χ1) is 14.3. The van der Waals surface area contributed by atoms with Crippen LogP contribution in [0.2, 0.25) is 5.02 Å². The summed E-state index contributed by atoms with van der Waals surface area (Å²) < 4.78 is 7.12. The van der Waals surface area contributed by atoms with E-state index in [2.05, 4.69) is 5.10 Å². The van der Waals surface area contributed by atoms with Crippen molar-refractivity contribution in [1.82, 2.24) is 9.78 Å². The molecular weight excluding hydrogens is 404 g/mol. The lowest BCUT2D eigenvalue weighted by Crippen LogP contribution is -2.09. The number of aromatic nitrogens is 2. The number of aryl methyl sites for hydroxylation is 1. The van der Waals surface area contributed by atoms with Crippen LogP contribution in [0.3, 0.4) is 0 Å². The van der Waals surface area contributed by atoms with Gasteiger partial charge in [-0.3, -0.25) is 14.3 Å². The maximum Gasteiger partial charge on any atom is 0.310 e. The van der Waals surface area contributed by atoms with Crippen LogP contribution in [0.1, 0.15) is 33.6 Å². The molecule has 0 amide bonds. The maximum atomic E-state index is 12.1. The molecule has 1 aromatic heterocycles. The van der Waals surface area contributed by atoms with Gasteiger partial charge in [-0.2, -0.15) is 5.10 Å². The van der Waals surface area contributed by atoms with Crippen molar-refractivity contribution in [3.8, 4) is 0 Å². The molecule has 156 valence electrons. The van der Waals surface area contributed by atoms with Crippen molar-refractivity contribution >= 4 is 23.5 Å². The molecule has 0 saturated heterocycles. The zero-order valence-electron chi connectivity index (χ0n) is 16.9. The summed E-state index contributed by atoms with van der Waals surface area (Å²) in [5, 5.41) is 14.1. The quantitative estimate of drug-likeness (QED) is 0.548. The number of rotatable bonds is 8. The minimum absolute atomic E-state index is 0.0348. The Hall–Kier alpha value is -3.12. The van der Waals surface area contributed by atoms with Crippen molar-refractivity contribution in [2.24, 2.45) is 0 Å². The number of hydrogen-bond donors (Lipinski definition) is 1. The molecule has 0 radical (unpaired) electrons.